The Morgan fingerprint density at radius 2 is 1.73 bits per heavy atom. The van der Waals surface area contributed by atoms with Crippen molar-refractivity contribution in [3.8, 4) is 0 Å². The van der Waals surface area contributed by atoms with Crippen LogP contribution in [0.5, 0.6) is 0 Å². The molecule has 33 heavy (non-hydrogen) atoms. The van der Waals surface area contributed by atoms with Crippen molar-refractivity contribution in [1.82, 2.24) is 0 Å². The molecule has 2 aliphatic carbocycles. The maximum Gasteiger partial charge on any atom is 0.341 e. The van der Waals surface area contributed by atoms with Gasteiger partial charge in [0.05, 0.1) is 12.2 Å². The highest BCUT2D eigenvalue weighted by Gasteiger charge is 2.44. The topological polar surface area (TPSA) is 55.4 Å². The molecule has 1 fully saturated rings. The molecule has 1 aromatic heterocycles. The van der Waals surface area contributed by atoms with Crippen molar-refractivity contribution < 1.29 is 14.3 Å². The fraction of sp³-hybridized carbons (Fsp3) is 0.357. The molecule has 3 atom stereocenters. The van der Waals surface area contributed by atoms with Crippen molar-refractivity contribution in [3.63, 3.8) is 0 Å². The number of anilines is 1. The van der Waals surface area contributed by atoms with Gasteiger partial charge in [-0.15, -0.1) is 11.3 Å². The molecule has 1 amide bonds. The van der Waals surface area contributed by atoms with Crippen molar-refractivity contribution in [3.05, 3.63) is 87.8 Å². The first-order chi connectivity index (χ1) is 16.2. The minimum absolute atomic E-state index is 0.00611. The molecule has 0 radical (unpaired) electrons. The van der Waals surface area contributed by atoms with Gasteiger partial charge in [0.1, 0.15) is 5.00 Å². The third-order valence-corrected chi connectivity index (χ3v) is 7.94. The monoisotopic (exact) mass is 459 g/mol. The summed E-state index contributed by atoms with van der Waals surface area (Å²) in [4.78, 5) is 27.3. The number of esters is 1. The number of rotatable bonds is 7. The first-order valence-corrected chi connectivity index (χ1v) is 12.7. The molecule has 5 heteroatoms. The van der Waals surface area contributed by atoms with Crippen LogP contribution in [-0.2, 0) is 22.4 Å². The molecule has 0 spiro atoms. The predicted molar refractivity (Wildman–Crippen MR) is 132 cm³/mol. The fourth-order valence-corrected chi connectivity index (χ4v) is 6.24. The summed E-state index contributed by atoms with van der Waals surface area (Å²) < 4.78 is 5.52. The first-order valence-electron chi connectivity index (χ1n) is 11.9. The molecule has 170 valence electrons. The number of thiophene rings is 1. The van der Waals surface area contributed by atoms with Crippen LogP contribution in [0.25, 0.3) is 0 Å². The highest BCUT2D eigenvalue weighted by molar-refractivity contribution is 7.17. The second kappa shape index (κ2) is 9.52. The van der Waals surface area contributed by atoms with E-state index < -0.39 is 0 Å². The Labute approximate surface area is 199 Å². The fourth-order valence-electron chi connectivity index (χ4n) is 4.92. The minimum Gasteiger partial charge on any atom is -0.462 e. The Morgan fingerprint density at radius 3 is 2.42 bits per heavy atom. The second-order valence-electron chi connectivity index (χ2n) is 9.04. The average Bonchev–Trinajstić information content (AvgIpc) is 3.58. The first kappa shape index (κ1) is 21.9. The quantitative estimate of drug-likeness (QED) is 0.420. The Hall–Kier alpha value is -2.92. The molecule has 0 aliphatic heterocycles. The lowest BCUT2D eigenvalue weighted by Crippen LogP contribution is -2.18. The summed E-state index contributed by atoms with van der Waals surface area (Å²) in [6.07, 6.45) is 4.34. The van der Waals surface area contributed by atoms with Gasteiger partial charge in [0.15, 0.2) is 0 Å². The van der Waals surface area contributed by atoms with E-state index in [1.54, 1.807) is 11.3 Å². The van der Waals surface area contributed by atoms with Crippen LogP contribution < -0.4 is 5.32 Å². The molecular formula is C28H29NO3S. The highest BCUT2D eigenvalue weighted by Crippen LogP contribution is 2.49. The molecule has 4 nitrogen and oxygen atoms in total. The van der Waals surface area contributed by atoms with Crippen LogP contribution in [0.1, 0.15) is 69.9 Å². The Kier molecular flexibility index (Phi) is 6.32. The lowest BCUT2D eigenvalue weighted by molar-refractivity contribution is -0.117. The summed E-state index contributed by atoms with van der Waals surface area (Å²) in [5, 5.41) is 3.79. The van der Waals surface area contributed by atoms with Crippen LogP contribution >= 0.6 is 11.3 Å². The third-order valence-electron chi connectivity index (χ3n) is 6.77. The third kappa shape index (κ3) is 4.60. The van der Waals surface area contributed by atoms with E-state index in [2.05, 4.69) is 41.7 Å². The number of carbonyl (C=O) groups is 2. The van der Waals surface area contributed by atoms with Gasteiger partial charge in [0, 0.05) is 10.8 Å². The van der Waals surface area contributed by atoms with Crippen LogP contribution in [-0.4, -0.2) is 18.5 Å². The summed E-state index contributed by atoms with van der Waals surface area (Å²) >= 11 is 1.56. The van der Waals surface area contributed by atoms with Crippen molar-refractivity contribution in [2.75, 3.05) is 11.9 Å². The summed E-state index contributed by atoms with van der Waals surface area (Å²) in [5.41, 5.74) is 4.19. The molecule has 3 aromatic rings. The normalized spacial score (nSPS) is 21.2. The number of ether oxygens (including phenoxy) is 1. The summed E-state index contributed by atoms with van der Waals surface area (Å²) in [6.45, 7) is 2.38. The van der Waals surface area contributed by atoms with Gasteiger partial charge < -0.3 is 10.1 Å². The smallest absolute Gasteiger partial charge is 0.341 e. The van der Waals surface area contributed by atoms with Gasteiger partial charge in [0.25, 0.3) is 0 Å². The van der Waals surface area contributed by atoms with E-state index in [0.29, 0.717) is 23.1 Å². The molecule has 1 saturated carbocycles. The van der Waals surface area contributed by atoms with Crippen molar-refractivity contribution in [2.24, 2.45) is 5.92 Å². The number of amides is 1. The van der Waals surface area contributed by atoms with Gasteiger partial charge in [-0.1, -0.05) is 67.6 Å². The van der Waals surface area contributed by atoms with Gasteiger partial charge in [-0.2, -0.15) is 0 Å². The molecule has 2 aliphatic rings. The van der Waals surface area contributed by atoms with Crippen molar-refractivity contribution in [1.29, 1.82) is 0 Å². The van der Waals surface area contributed by atoms with E-state index in [1.807, 2.05) is 31.2 Å². The zero-order valence-corrected chi connectivity index (χ0v) is 19.7. The van der Waals surface area contributed by atoms with Crippen LogP contribution in [0.2, 0.25) is 0 Å². The molecule has 5 rings (SSSR count). The number of carbonyl (C=O) groups excluding carboxylic acids is 2. The number of fused-ring (bicyclic) bond motifs is 1. The molecule has 1 heterocycles. The lowest BCUT2D eigenvalue weighted by Gasteiger charge is -2.23. The van der Waals surface area contributed by atoms with Gasteiger partial charge in [-0.25, -0.2) is 4.79 Å². The molecule has 0 saturated heterocycles. The number of hydrogen-bond acceptors (Lipinski definition) is 4. The largest absolute Gasteiger partial charge is 0.462 e. The van der Waals surface area contributed by atoms with E-state index in [1.165, 1.54) is 16.0 Å². The minimum atomic E-state index is -0.307. The van der Waals surface area contributed by atoms with Crippen LogP contribution in [0.15, 0.2) is 60.7 Å². The second-order valence-corrected chi connectivity index (χ2v) is 10.1. The van der Waals surface area contributed by atoms with Crippen LogP contribution in [0, 0.1) is 5.92 Å². The Balaban J connectivity index is 1.38. The average molecular weight is 460 g/mol. The van der Waals surface area contributed by atoms with Crippen LogP contribution in [0.3, 0.4) is 0 Å². The van der Waals surface area contributed by atoms with E-state index in [-0.39, 0.29) is 23.7 Å². The number of hydrogen-bond donors (Lipinski definition) is 1. The zero-order valence-electron chi connectivity index (χ0n) is 18.9. The zero-order chi connectivity index (χ0) is 22.8. The van der Waals surface area contributed by atoms with Crippen molar-refractivity contribution >= 4 is 28.2 Å². The SMILES string of the molecule is CCCOC(=O)c1c(NC(=O)[C@@H]2C[C@H]2c2ccccc2)sc2c1CC[C@H](c1ccccc1)C2. The molecule has 0 unspecified atom stereocenters. The lowest BCUT2D eigenvalue weighted by atomic mass is 9.83. The van der Waals surface area contributed by atoms with E-state index in [4.69, 9.17) is 4.74 Å². The standard InChI is InChI=1S/C28H29NO3S/c1-2-15-32-28(31)25-21-14-13-20(18-9-5-3-6-10-18)16-24(21)33-27(25)29-26(30)23-17-22(23)19-11-7-4-8-12-19/h3-12,20,22-23H,2,13-17H2,1H3,(H,29,30)/t20-,22-,23+/m0/s1. The molecule has 1 N–H and O–H groups in total. The highest BCUT2D eigenvalue weighted by atomic mass is 32.1. The summed E-state index contributed by atoms with van der Waals surface area (Å²) in [7, 11) is 0. The Bertz CT molecular complexity index is 1140. The maximum absolute atomic E-state index is 13.1. The molecule has 2 aromatic carbocycles. The number of nitrogens with one attached hydrogen (secondary N) is 1. The Morgan fingerprint density at radius 1 is 1.03 bits per heavy atom. The van der Waals surface area contributed by atoms with Gasteiger partial charge in [-0.05, 0) is 60.6 Å². The molecule has 0 bridgehead atoms. The van der Waals surface area contributed by atoms with Crippen LogP contribution in [0.4, 0.5) is 5.00 Å². The molecular weight excluding hydrogens is 430 g/mol. The van der Waals surface area contributed by atoms with E-state index in [0.717, 1.165) is 37.7 Å². The van der Waals surface area contributed by atoms with Gasteiger partial charge >= 0.3 is 5.97 Å². The van der Waals surface area contributed by atoms with Gasteiger partial charge in [0.2, 0.25) is 5.91 Å². The number of benzene rings is 2. The maximum atomic E-state index is 13.1. The summed E-state index contributed by atoms with van der Waals surface area (Å²) in [5.74, 6) is 0.359. The predicted octanol–water partition coefficient (Wildman–Crippen LogP) is 6.33. The van der Waals surface area contributed by atoms with E-state index in [9.17, 15) is 9.59 Å². The van der Waals surface area contributed by atoms with Gasteiger partial charge in [-0.3, -0.25) is 4.79 Å². The summed E-state index contributed by atoms with van der Waals surface area (Å²) in [6, 6.07) is 20.7. The van der Waals surface area contributed by atoms with Crippen molar-refractivity contribution in [2.45, 2.75) is 50.9 Å². The van der Waals surface area contributed by atoms with E-state index >= 15 is 0 Å².